The first kappa shape index (κ1) is 14.7. The molecule has 0 unspecified atom stereocenters. The van der Waals surface area contributed by atoms with E-state index in [9.17, 15) is 0 Å². The third-order valence-corrected chi connectivity index (χ3v) is 2.81. The fraction of sp³-hybridized carbons (Fsp3) is 0.857. The molecule has 0 aromatic carbocycles. The Morgan fingerprint density at radius 2 is 1.82 bits per heavy atom. The van der Waals surface area contributed by atoms with E-state index in [1.54, 1.807) is 0 Å². The molecule has 3 heteroatoms. The van der Waals surface area contributed by atoms with Gasteiger partial charge in [-0.05, 0) is 40.2 Å². The van der Waals surface area contributed by atoms with Crippen molar-refractivity contribution in [1.29, 1.82) is 0 Å². The molecule has 100 valence electrons. The van der Waals surface area contributed by atoms with Crippen molar-refractivity contribution < 1.29 is 4.74 Å². The van der Waals surface area contributed by atoms with Crippen molar-refractivity contribution in [3.8, 4) is 0 Å². The van der Waals surface area contributed by atoms with Crippen LogP contribution >= 0.6 is 0 Å². The lowest BCUT2D eigenvalue weighted by Crippen LogP contribution is -2.47. The predicted octanol–water partition coefficient (Wildman–Crippen LogP) is 2.04. The van der Waals surface area contributed by atoms with Crippen LogP contribution in [0.15, 0.2) is 12.2 Å². The molecular weight excluding hydrogens is 212 g/mol. The standard InChI is InChI=1S/C14H28N2O/c1-11(7-15-14(4,5)6)8-16-9-12(2)17-13(3)10-16/h12-13,15H,1,7-10H2,2-6H3/t12-,13+. The van der Waals surface area contributed by atoms with Gasteiger partial charge in [-0.15, -0.1) is 0 Å². The maximum absolute atomic E-state index is 5.73. The first-order chi connectivity index (χ1) is 7.76. The Morgan fingerprint density at radius 1 is 1.29 bits per heavy atom. The number of nitrogens with one attached hydrogen (secondary N) is 1. The van der Waals surface area contributed by atoms with Gasteiger partial charge in [-0.1, -0.05) is 6.58 Å². The zero-order chi connectivity index (χ0) is 13.1. The second kappa shape index (κ2) is 5.98. The molecule has 0 aromatic rings. The number of morpholine rings is 1. The monoisotopic (exact) mass is 240 g/mol. The first-order valence-corrected chi connectivity index (χ1v) is 6.56. The molecule has 1 fully saturated rings. The van der Waals surface area contributed by atoms with E-state index in [1.165, 1.54) is 5.57 Å². The van der Waals surface area contributed by atoms with Crippen LogP contribution in [0.3, 0.4) is 0 Å². The predicted molar refractivity (Wildman–Crippen MR) is 73.3 cm³/mol. The number of hydrogen-bond donors (Lipinski definition) is 1. The molecule has 1 N–H and O–H groups in total. The van der Waals surface area contributed by atoms with Crippen LogP contribution in [0.1, 0.15) is 34.6 Å². The van der Waals surface area contributed by atoms with Crippen molar-refractivity contribution in [1.82, 2.24) is 10.2 Å². The van der Waals surface area contributed by atoms with Crippen LogP contribution in [-0.2, 0) is 4.74 Å². The van der Waals surface area contributed by atoms with Gasteiger partial charge in [0.1, 0.15) is 0 Å². The third-order valence-electron chi connectivity index (χ3n) is 2.81. The lowest BCUT2D eigenvalue weighted by molar-refractivity contribution is -0.0653. The zero-order valence-corrected chi connectivity index (χ0v) is 12.0. The highest BCUT2D eigenvalue weighted by molar-refractivity contribution is 5.01. The second-order valence-electron chi connectivity index (χ2n) is 6.30. The van der Waals surface area contributed by atoms with Crippen LogP contribution < -0.4 is 5.32 Å². The van der Waals surface area contributed by atoms with Gasteiger partial charge in [0.15, 0.2) is 0 Å². The van der Waals surface area contributed by atoms with Gasteiger partial charge in [-0.3, -0.25) is 4.90 Å². The molecule has 0 saturated carbocycles. The summed E-state index contributed by atoms with van der Waals surface area (Å²) in [7, 11) is 0. The first-order valence-electron chi connectivity index (χ1n) is 6.56. The van der Waals surface area contributed by atoms with Crippen molar-refractivity contribution in [2.24, 2.45) is 0 Å². The van der Waals surface area contributed by atoms with Crippen molar-refractivity contribution in [3.63, 3.8) is 0 Å². The van der Waals surface area contributed by atoms with Gasteiger partial charge in [0, 0.05) is 31.7 Å². The van der Waals surface area contributed by atoms with Gasteiger partial charge in [0.25, 0.3) is 0 Å². The summed E-state index contributed by atoms with van der Waals surface area (Å²) in [5.41, 5.74) is 1.41. The van der Waals surface area contributed by atoms with Gasteiger partial charge < -0.3 is 10.1 Å². The smallest absolute Gasteiger partial charge is 0.0678 e. The van der Waals surface area contributed by atoms with E-state index in [1.807, 2.05) is 0 Å². The van der Waals surface area contributed by atoms with Crippen LogP contribution in [0, 0.1) is 0 Å². The summed E-state index contributed by atoms with van der Waals surface area (Å²) >= 11 is 0. The number of rotatable bonds is 4. The minimum Gasteiger partial charge on any atom is -0.373 e. The Kier molecular flexibility index (Phi) is 5.17. The van der Waals surface area contributed by atoms with Crippen LogP contribution in [0.25, 0.3) is 0 Å². The molecule has 0 radical (unpaired) electrons. The summed E-state index contributed by atoms with van der Waals surface area (Å²) in [6, 6.07) is 0. The minimum absolute atomic E-state index is 0.161. The molecule has 0 spiro atoms. The van der Waals surface area contributed by atoms with Gasteiger partial charge in [0.05, 0.1) is 12.2 Å². The molecule has 0 bridgehead atoms. The van der Waals surface area contributed by atoms with E-state index in [0.717, 1.165) is 26.2 Å². The molecule has 1 aliphatic heterocycles. The Balaban J connectivity index is 2.30. The molecular formula is C14H28N2O. The Labute approximate surface area is 106 Å². The zero-order valence-electron chi connectivity index (χ0n) is 12.0. The van der Waals surface area contributed by atoms with Crippen molar-refractivity contribution in [2.45, 2.75) is 52.4 Å². The van der Waals surface area contributed by atoms with Crippen LogP contribution in [0.2, 0.25) is 0 Å². The lowest BCUT2D eigenvalue weighted by Gasteiger charge is -2.36. The summed E-state index contributed by atoms with van der Waals surface area (Å²) < 4.78 is 5.73. The maximum Gasteiger partial charge on any atom is 0.0678 e. The third kappa shape index (κ3) is 6.20. The minimum atomic E-state index is 0.161. The van der Waals surface area contributed by atoms with Gasteiger partial charge in [-0.25, -0.2) is 0 Å². The Hall–Kier alpha value is -0.380. The summed E-state index contributed by atoms with van der Waals surface area (Å²) in [6.07, 6.45) is 0.671. The normalized spacial score (nSPS) is 27.1. The van der Waals surface area contributed by atoms with E-state index >= 15 is 0 Å². The SMILES string of the molecule is C=C(CNC(C)(C)C)CN1C[C@@H](C)O[C@@H](C)C1. The molecule has 0 amide bonds. The maximum atomic E-state index is 5.73. The molecule has 0 aromatic heterocycles. The van der Waals surface area contributed by atoms with Crippen LogP contribution in [0.5, 0.6) is 0 Å². The molecule has 2 atom stereocenters. The van der Waals surface area contributed by atoms with E-state index < -0.39 is 0 Å². The number of hydrogen-bond acceptors (Lipinski definition) is 3. The molecule has 1 aliphatic rings. The molecule has 1 heterocycles. The van der Waals surface area contributed by atoms with Gasteiger partial charge in [-0.2, -0.15) is 0 Å². The van der Waals surface area contributed by atoms with E-state index in [0.29, 0.717) is 12.2 Å². The molecule has 3 nitrogen and oxygen atoms in total. The number of nitrogens with zero attached hydrogens (tertiary/aromatic N) is 1. The van der Waals surface area contributed by atoms with Crippen LogP contribution in [-0.4, -0.2) is 48.8 Å². The molecule has 0 aliphatic carbocycles. The van der Waals surface area contributed by atoms with E-state index in [-0.39, 0.29) is 5.54 Å². The molecule has 1 saturated heterocycles. The highest BCUT2D eigenvalue weighted by atomic mass is 16.5. The van der Waals surface area contributed by atoms with Crippen molar-refractivity contribution in [2.75, 3.05) is 26.2 Å². The summed E-state index contributed by atoms with van der Waals surface area (Å²) in [6.45, 7) is 18.9. The van der Waals surface area contributed by atoms with Crippen molar-refractivity contribution >= 4 is 0 Å². The average Bonchev–Trinajstić information content (AvgIpc) is 2.11. The van der Waals surface area contributed by atoms with Gasteiger partial charge in [0.2, 0.25) is 0 Å². The molecule has 17 heavy (non-hydrogen) atoms. The fourth-order valence-corrected chi connectivity index (χ4v) is 2.18. The second-order valence-corrected chi connectivity index (χ2v) is 6.30. The van der Waals surface area contributed by atoms with Crippen molar-refractivity contribution in [3.05, 3.63) is 12.2 Å². The quantitative estimate of drug-likeness (QED) is 0.761. The summed E-state index contributed by atoms with van der Waals surface area (Å²) in [5.74, 6) is 0. The molecule has 1 rings (SSSR count). The fourth-order valence-electron chi connectivity index (χ4n) is 2.18. The Bertz CT molecular complexity index is 247. The highest BCUT2D eigenvalue weighted by Crippen LogP contribution is 2.12. The van der Waals surface area contributed by atoms with Gasteiger partial charge >= 0.3 is 0 Å². The average molecular weight is 240 g/mol. The van der Waals surface area contributed by atoms with E-state index in [4.69, 9.17) is 4.74 Å². The number of ether oxygens (including phenoxy) is 1. The van der Waals surface area contributed by atoms with Crippen LogP contribution in [0.4, 0.5) is 0 Å². The summed E-state index contributed by atoms with van der Waals surface area (Å²) in [4.78, 5) is 2.44. The Morgan fingerprint density at radius 3 is 2.29 bits per heavy atom. The lowest BCUT2D eigenvalue weighted by atomic mass is 10.1. The largest absolute Gasteiger partial charge is 0.373 e. The highest BCUT2D eigenvalue weighted by Gasteiger charge is 2.22. The topological polar surface area (TPSA) is 24.5 Å². The van der Waals surface area contributed by atoms with E-state index in [2.05, 4.69) is 51.4 Å². The summed E-state index contributed by atoms with van der Waals surface area (Å²) in [5, 5.41) is 3.48.